The standard InChI is InChI=1S/C10H17N3O/c1-10(2,3)13-6-9(14)8-4-11-7-12-5-8/h4-5,7,9,13-14H,6H2,1-3H3. The van der Waals surface area contributed by atoms with E-state index in [1.165, 1.54) is 6.33 Å². The number of nitrogens with one attached hydrogen (secondary N) is 1. The van der Waals surface area contributed by atoms with Gasteiger partial charge in [-0.05, 0) is 20.8 Å². The van der Waals surface area contributed by atoms with E-state index in [-0.39, 0.29) is 5.54 Å². The monoisotopic (exact) mass is 195 g/mol. The third-order valence-corrected chi connectivity index (χ3v) is 1.79. The van der Waals surface area contributed by atoms with Gasteiger partial charge >= 0.3 is 0 Å². The SMILES string of the molecule is CC(C)(C)NCC(O)c1cncnc1. The molecule has 0 aromatic carbocycles. The highest BCUT2D eigenvalue weighted by molar-refractivity contribution is 5.07. The maximum Gasteiger partial charge on any atom is 0.115 e. The first-order chi connectivity index (χ1) is 6.49. The summed E-state index contributed by atoms with van der Waals surface area (Å²) in [5.74, 6) is 0. The van der Waals surface area contributed by atoms with Gasteiger partial charge in [-0.3, -0.25) is 0 Å². The van der Waals surface area contributed by atoms with E-state index < -0.39 is 6.10 Å². The smallest absolute Gasteiger partial charge is 0.115 e. The highest BCUT2D eigenvalue weighted by atomic mass is 16.3. The quantitative estimate of drug-likeness (QED) is 0.752. The van der Waals surface area contributed by atoms with Crippen LogP contribution in [0.15, 0.2) is 18.7 Å². The molecular weight excluding hydrogens is 178 g/mol. The Morgan fingerprint density at radius 3 is 2.43 bits per heavy atom. The van der Waals surface area contributed by atoms with Gasteiger partial charge in [-0.1, -0.05) is 0 Å². The van der Waals surface area contributed by atoms with Crippen LogP contribution in [-0.4, -0.2) is 27.2 Å². The third kappa shape index (κ3) is 3.81. The predicted octanol–water partition coefficient (Wildman–Crippen LogP) is 0.898. The lowest BCUT2D eigenvalue weighted by Crippen LogP contribution is -2.38. The fourth-order valence-corrected chi connectivity index (χ4v) is 1.00. The van der Waals surface area contributed by atoms with Crippen molar-refractivity contribution in [2.24, 2.45) is 0 Å². The summed E-state index contributed by atoms with van der Waals surface area (Å²) in [5.41, 5.74) is 0.751. The second-order valence-electron chi connectivity index (χ2n) is 4.32. The van der Waals surface area contributed by atoms with E-state index in [2.05, 4.69) is 36.1 Å². The Kier molecular flexibility index (Phi) is 3.55. The molecule has 0 saturated heterocycles. The Morgan fingerprint density at radius 1 is 1.36 bits per heavy atom. The normalized spacial score (nSPS) is 14.0. The number of aromatic nitrogens is 2. The van der Waals surface area contributed by atoms with Crippen LogP contribution in [0, 0.1) is 0 Å². The first-order valence-corrected chi connectivity index (χ1v) is 4.67. The number of nitrogens with zero attached hydrogens (tertiary/aromatic N) is 2. The van der Waals surface area contributed by atoms with Gasteiger partial charge < -0.3 is 10.4 Å². The van der Waals surface area contributed by atoms with Gasteiger partial charge in [-0.25, -0.2) is 9.97 Å². The van der Waals surface area contributed by atoms with E-state index in [9.17, 15) is 5.11 Å². The van der Waals surface area contributed by atoms with Crippen molar-refractivity contribution in [1.82, 2.24) is 15.3 Å². The van der Waals surface area contributed by atoms with Gasteiger partial charge in [0.1, 0.15) is 6.33 Å². The van der Waals surface area contributed by atoms with Crippen LogP contribution in [0.25, 0.3) is 0 Å². The first-order valence-electron chi connectivity index (χ1n) is 4.67. The van der Waals surface area contributed by atoms with Crippen LogP contribution >= 0.6 is 0 Å². The second-order valence-corrected chi connectivity index (χ2v) is 4.32. The van der Waals surface area contributed by atoms with Crippen molar-refractivity contribution in [2.75, 3.05) is 6.54 Å². The minimum Gasteiger partial charge on any atom is -0.387 e. The highest BCUT2D eigenvalue weighted by Gasteiger charge is 2.13. The number of aliphatic hydroxyl groups is 1. The summed E-state index contributed by atoms with van der Waals surface area (Å²) in [6, 6.07) is 0. The van der Waals surface area contributed by atoms with Crippen molar-refractivity contribution in [3.8, 4) is 0 Å². The molecule has 1 aromatic rings. The summed E-state index contributed by atoms with van der Waals surface area (Å²) in [7, 11) is 0. The molecule has 1 aromatic heterocycles. The second kappa shape index (κ2) is 4.48. The van der Waals surface area contributed by atoms with Gasteiger partial charge in [0.15, 0.2) is 0 Å². The van der Waals surface area contributed by atoms with Gasteiger partial charge in [-0.2, -0.15) is 0 Å². The molecule has 0 saturated carbocycles. The third-order valence-electron chi connectivity index (χ3n) is 1.79. The molecule has 0 bridgehead atoms. The summed E-state index contributed by atoms with van der Waals surface area (Å²) in [6.07, 6.45) is 4.16. The van der Waals surface area contributed by atoms with Crippen molar-refractivity contribution in [2.45, 2.75) is 32.4 Å². The molecule has 0 radical (unpaired) electrons. The van der Waals surface area contributed by atoms with Gasteiger partial charge in [0.25, 0.3) is 0 Å². The largest absolute Gasteiger partial charge is 0.387 e. The zero-order valence-electron chi connectivity index (χ0n) is 8.86. The minimum absolute atomic E-state index is 0.0105. The fraction of sp³-hybridized carbons (Fsp3) is 0.600. The van der Waals surface area contributed by atoms with Crippen molar-refractivity contribution in [1.29, 1.82) is 0 Å². The van der Waals surface area contributed by atoms with Crippen LogP contribution in [0.4, 0.5) is 0 Å². The molecule has 0 spiro atoms. The van der Waals surface area contributed by atoms with E-state index in [0.29, 0.717) is 6.54 Å². The molecular formula is C10H17N3O. The summed E-state index contributed by atoms with van der Waals surface area (Å²) in [5, 5.41) is 13.0. The van der Waals surface area contributed by atoms with Crippen LogP contribution in [0.2, 0.25) is 0 Å². The van der Waals surface area contributed by atoms with E-state index >= 15 is 0 Å². The van der Waals surface area contributed by atoms with Crippen LogP contribution in [0.5, 0.6) is 0 Å². The molecule has 1 rings (SSSR count). The van der Waals surface area contributed by atoms with E-state index in [1.807, 2.05) is 0 Å². The Morgan fingerprint density at radius 2 is 1.93 bits per heavy atom. The van der Waals surface area contributed by atoms with Crippen molar-refractivity contribution in [3.05, 3.63) is 24.3 Å². The molecule has 0 aliphatic carbocycles. The number of hydrogen-bond donors (Lipinski definition) is 2. The minimum atomic E-state index is -0.546. The van der Waals surface area contributed by atoms with Gasteiger partial charge in [0.2, 0.25) is 0 Å². The van der Waals surface area contributed by atoms with Crippen LogP contribution in [0.1, 0.15) is 32.4 Å². The van der Waals surface area contributed by atoms with E-state index in [1.54, 1.807) is 12.4 Å². The first kappa shape index (κ1) is 11.1. The van der Waals surface area contributed by atoms with Crippen LogP contribution < -0.4 is 5.32 Å². The zero-order valence-corrected chi connectivity index (χ0v) is 8.86. The van der Waals surface area contributed by atoms with Crippen LogP contribution in [-0.2, 0) is 0 Å². The Labute approximate surface area is 84.4 Å². The lowest BCUT2D eigenvalue weighted by Gasteiger charge is -2.22. The molecule has 1 atom stereocenters. The van der Waals surface area contributed by atoms with Crippen LogP contribution in [0.3, 0.4) is 0 Å². The molecule has 78 valence electrons. The van der Waals surface area contributed by atoms with E-state index in [4.69, 9.17) is 0 Å². The molecule has 2 N–H and O–H groups in total. The van der Waals surface area contributed by atoms with Gasteiger partial charge in [-0.15, -0.1) is 0 Å². The average Bonchev–Trinajstić information content (AvgIpc) is 2.14. The molecule has 1 heterocycles. The predicted molar refractivity (Wildman–Crippen MR) is 54.7 cm³/mol. The maximum absolute atomic E-state index is 9.74. The molecule has 4 nitrogen and oxygen atoms in total. The number of rotatable bonds is 3. The lowest BCUT2D eigenvalue weighted by molar-refractivity contribution is 0.162. The molecule has 14 heavy (non-hydrogen) atoms. The average molecular weight is 195 g/mol. The molecule has 4 heteroatoms. The van der Waals surface area contributed by atoms with Crippen molar-refractivity contribution in [3.63, 3.8) is 0 Å². The Hall–Kier alpha value is -1.00. The fourth-order valence-electron chi connectivity index (χ4n) is 1.00. The summed E-state index contributed by atoms with van der Waals surface area (Å²) >= 11 is 0. The highest BCUT2D eigenvalue weighted by Crippen LogP contribution is 2.09. The summed E-state index contributed by atoms with van der Waals surface area (Å²) in [4.78, 5) is 7.70. The summed E-state index contributed by atoms with van der Waals surface area (Å²) in [6.45, 7) is 6.68. The maximum atomic E-state index is 9.74. The summed E-state index contributed by atoms with van der Waals surface area (Å²) < 4.78 is 0. The topological polar surface area (TPSA) is 58.0 Å². The molecule has 0 fully saturated rings. The Balaban J connectivity index is 2.48. The van der Waals surface area contributed by atoms with Crippen molar-refractivity contribution < 1.29 is 5.11 Å². The van der Waals surface area contributed by atoms with E-state index in [0.717, 1.165) is 5.56 Å². The zero-order chi connectivity index (χ0) is 10.6. The van der Waals surface area contributed by atoms with Crippen molar-refractivity contribution >= 4 is 0 Å². The van der Waals surface area contributed by atoms with Gasteiger partial charge in [0.05, 0.1) is 6.10 Å². The lowest BCUT2D eigenvalue weighted by atomic mass is 10.1. The molecule has 0 amide bonds. The molecule has 0 aliphatic heterocycles. The number of aliphatic hydroxyl groups excluding tert-OH is 1. The Bertz CT molecular complexity index is 268. The molecule has 0 aliphatic rings. The number of hydrogen-bond acceptors (Lipinski definition) is 4. The molecule has 1 unspecified atom stereocenters. The van der Waals surface area contributed by atoms with Gasteiger partial charge in [0, 0.05) is 30.0 Å². The number of β-amino-alcohol motifs (C(OH)–C–C–N with tert-alkyl or cyclic N) is 1.